The van der Waals surface area contributed by atoms with Gasteiger partial charge >= 0.3 is 0 Å². The molecule has 12 aromatic carbocycles. The molecule has 1 unspecified atom stereocenters. The molecule has 3 aliphatic carbocycles. The van der Waals surface area contributed by atoms with E-state index in [0.29, 0.717) is 0 Å². The molecular formula is C79H61N. The van der Waals surface area contributed by atoms with E-state index in [1.807, 2.05) is 0 Å². The fourth-order valence-corrected chi connectivity index (χ4v) is 15.6. The highest BCUT2D eigenvalue weighted by Gasteiger charge is 2.42. The second kappa shape index (κ2) is 17.7. The minimum atomic E-state index is -0.175. The van der Waals surface area contributed by atoms with E-state index in [4.69, 9.17) is 0 Å². The van der Waals surface area contributed by atoms with E-state index < -0.39 is 0 Å². The highest BCUT2D eigenvalue weighted by atomic mass is 15.0. The Labute approximate surface area is 469 Å². The summed E-state index contributed by atoms with van der Waals surface area (Å²) in [5.41, 5.74) is 26.6. The molecule has 16 rings (SSSR count). The van der Waals surface area contributed by atoms with Gasteiger partial charge in [-0.3, -0.25) is 0 Å². The van der Waals surface area contributed by atoms with Crippen molar-refractivity contribution in [2.24, 2.45) is 0 Å². The lowest BCUT2D eigenvalue weighted by atomic mass is 9.72. The van der Waals surface area contributed by atoms with Crippen LogP contribution in [-0.4, -0.2) is 4.57 Å². The lowest BCUT2D eigenvalue weighted by Crippen LogP contribution is -2.23. The highest BCUT2D eigenvalue weighted by Crippen LogP contribution is 2.57. The molecule has 0 saturated heterocycles. The van der Waals surface area contributed by atoms with Gasteiger partial charge in [-0.15, -0.1) is 0 Å². The van der Waals surface area contributed by atoms with Crippen molar-refractivity contribution in [3.63, 3.8) is 0 Å². The van der Waals surface area contributed by atoms with Crippen molar-refractivity contribution in [2.45, 2.75) is 70.6 Å². The molecule has 0 fully saturated rings. The van der Waals surface area contributed by atoms with Crippen molar-refractivity contribution < 1.29 is 0 Å². The van der Waals surface area contributed by atoms with E-state index in [2.05, 4.69) is 269 Å². The Bertz CT molecular complexity index is 4670. The van der Waals surface area contributed by atoms with Crippen LogP contribution in [0.3, 0.4) is 0 Å². The Hall–Kier alpha value is -9.04. The number of fused-ring (bicyclic) bond motifs is 13. The zero-order chi connectivity index (χ0) is 53.4. The van der Waals surface area contributed by atoms with Crippen LogP contribution in [0, 0.1) is 0 Å². The predicted octanol–water partition coefficient (Wildman–Crippen LogP) is 21.7. The van der Waals surface area contributed by atoms with Gasteiger partial charge in [0, 0.05) is 32.7 Å². The first-order valence-electron chi connectivity index (χ1n) is 29.2. The third-order valence-electron chi connectivity index (χ3n) is 19.7. The van der Waals surface area contributed by atoms with Crippen LogP contribution < -0.4 is 0 Å². The summed E-state index contributed by atoms with van der Waals surface area (Å²) in [6.07, 6.45) is 9.90. The minimum Gasteiger partial charge on any atom is -0.308 e. The number of allylic oxidation sites excluding steroid dienone is 1. The van der Waals surface area contributed by atoms with Crippen LogP contribution in [0.4, 0.5) is 0 Å². The Kier molecular flexibility index (Phi) is 10.4. The van der Waals surface area contributed by atoms with Gasteiger partial charge in [0.25, 0.3) is 0 Å². The monoisotopic (exact) mass is 1020 g/mol. The van der Waals surface area contributed by atoms with E-state index >= 15 is 0 Å². The topological polar surface area (TPSA) is 4.93 Å². The molecule has 1 heteroatoms. The minimum absolute atomic E-state index is 0.119. The molecule has 0 aliphatic heterocycles. The van der Waals surface area contributed by atoms with Crippen molar-refractivity contribution in [1.82, 2.24) is 4.57 Å². The Morgan fingerprint density at radius 3 is 1.25 bits per heavy atom. The van der Waals surface area contributed by atoms with Crippen LogP contribution in [0.15, 0.2) is 231 Å². The van der Waals surface area contributed by atoms with Crippen molar-refractivity contribution in [3.05, 3.63) is 264 Å². The largest absolute Gasteiger partial charge is 0.308 e. The summed E-state index contributed by atoms with van der Waals surface area (Å²) in [6, 6.07) is 86.0. The summed E-state index contributed by atoms with van der Waals surface area (Å²) in [5.74, 6) is 0. The predicted molar refractivity (Wildman–Crippen MR) is 341 cm³/mol. The number of rotatable bonds is 8. The van der Waals surface area contributed by atoms with E-state index in [1.165, 1.54) is 160 Å². The fourth-order valence-electron chi connectivity index (χ4n) is 15.6. The average molecular weight is 1020 g/mol. The first-order chi connectivity index (χ1) is 39.4. The lowest BCUT2D eigenvalue weighted by Gasteiger charge is -2.30. The van der Waals surface area contributed by atoms with Crippen LogP contribution in [-0.2, 0) is 17.3 Å². The van der Waals surface area contributed by atoms with Gasteiger partial charge in [-0.05, 0) is 195 Å². The van der Waals surface area contributed by atoms with Crippen LogP contribution in [0.2, 0.25) is 0 Å². The Morgan fingerprint density at radius 1 is 0.362 bits per heavy atom. The normalized spacial score (nSPS) is 15.7. The molecule has 1 atom stereocenters. The van der Waals surface area contributed by atoms with Gasteiger partial charge in [0.15, 0.2) is 0 Å². The second-order valence-electron chi connectivity index (χ2n) is 23.2. The van der Waals surface area contributed by atoms with Gasteiger partial charge in [-0.25, -0.2) is 0 Å². The summed E-state index contributed by atoms with van der Waals surface area (Å²) < 4.78 is 2.57. The third kappa shape index (κ3) is 6.46. The van der Waals surface area contributed by atoms with E-state index in [1.54, 1.807) is 0 Å². The standard InChI is InChI=1S/C79H61N/c1-5-78(4)68-45-50(51-38-42-56-57-44-40-53(48-71(57)79(6-2,7-3)70(56)46-51)75-62-29-13-11-27-60(62)74(49-23-9-8-10-24-49)61-28-12-14-30-63(61)75)37-41-54(68)55-43-39-52(47-69(55)78)76-64-31-15-17-33-66(64)77(67-34-18-16-32-65(67)76)80-72-35-21-19-25-58(72)59-26-20-22-36-73(59)80/h8-19,21-25,27-48H,5-7,20,26H2,1-4H3. The van der Waals surface area contributed by atoms with Gasteiger partial charge in [0.05, 0.1) is 11.2 Å². The molecule has 382 valence electrons. The quantitative estimate of drug-likeness (QED) is 0.134. The first kappa shape index (κ1) is 47.0. The summed E-state index contributed by atoms with van der Waals surface area (Å²) in [5, 5.41) is 11.7. The molecule has 13 aromatic rings. The number of para-hydroxylation sites is 1. The van der Waals surface area contributed by atoms with Crippen LogP contribution in [0.25, 0.3) is 133 Å². The maximum Gasteiger partial charge on any atom is 0.0619 e. The molecule has 1 heterocycles. The molecule has 0 bridgehead atoms. The third-order valence-corrected chi connectivity index (χ3v) is 19.7. The maximum atomic E-state index is 2.57. The van der Waals surface area contributed by atoms with Gasteiger partial charge in [0.1, 0.15) is 0 Å². The van der Waals surface area contributed by atoms with Gasteiger partial charge in [-0.1, -0.05) is 228 Å². The molecule has 0 amide bonds. The highest BCUT2D eigenvalue weighted by molar-refractivity contribution is 6.22. The van der Waals surface area contributed by atoms with Gasteiger partial charge < -0.3 is 4.57 Å². The molecule has 0 radical (unpaired) electrons. The second-order valence-corrected chi connectivity index (χ2v) is 23.2. The average Bonchev–Trinajstić information content (AvgIpc) is 4.21. The number of benzene rings is 12. The molecule has 0 spiro atoms. The van der Waals surface area contributed by atoms with E-state index in [0.717, 1.165) is 32.1 Å². The molecule has 1 nitrogen and oxygen atoms in total. The maximum absolute atomic E-state index is 2.57. The Morgan fingerprint density at radius 2 is 0.750 bits per heavy atom. The van der Waals surface area contributed by atoms with E-state index in [9.17, 15) is 0 Å². The van der Waals surface area contributed by atoms with Crippen LogP contribution in [0.1, 0.15) is 86.9 Å². The zero-order valence-electron chi connectivity index (χ0n) is 46.0. The number of aromatic nitrogens is 1. The molecule has 1 aromatic heterocycles. The molecule has 0 N–H and O–H groups in total. The smallest absolute Gasteiger partial charge is 0.0619 e. The van der Waals surface area contributed by atoms with Crippen LogP contribution >= 0.6 is 0 Å². The summed E-state index contributed by atoms with van der Waals surface area (Å²) in [4.78, 5) is 0. The number of nitrogens with zero attached hydrogens (tertiary/aromatic N) is 1. The van der Waals surface area contributed by atoms with Crippen molar-refractivity contribution in [3.8, 4) is 72.4 Å². The van der Waals surface area contributed by atoms with E-state index in [-0.39, 0.29) is 10.8 Å². The molecule has 0 saturated carbocycles. The summed E-state index contributed by atoms with van der Waals surface area (Å²) in [7, 11) is 0. The lowest BCUT2D eigenvalue weighted by molar-refractivity contribution is 0.491. The van der Waals surface area contributed by atoms with Crippen LogP contribution in [0.5, 0.6) is 0 Å². The van der Waals surface area contributed by atoms with Crippen molar-refractivity contribution in [2.75, 3.05) is 0 Å². The van der Waals surface area contributed by atoms with Gasteiger partial charge in [0.2, 0.25) is 0 Å². The molecule has 3 aliphatic rings. The number of aryl methyl sites for hydroxylation is 1. The first-order valence-corrected chi connectivity index (χ1v) is 29.2. The fraction of sp³-hybridized carbons (Fsp3) is 0.139. The summed E-state index contributed by atoms with van der Waals surface area (Å²) in [6.45, 7) is 9.69. The number of hydrogen-bond acceptors (Lipinski definition) is 0. The summed E-state index contributed by atoms with van der Waals surface area (Å²) >= 11 is 0. The van der Waals surface area contributed by atoms with Crippen molar-refractivity contribution in [1.29, 1.82) is 0 Å². The van der Waals surface area contributed by atoms with Crippen molar-refractivity contribution >= 4 is 60.1 Å². The number of hydrogen-bond donors (Lipinski definition) is 0. The molecule has 80 heavy (non-hydrogen) atoms. The Balaban J connectivity index is 0.797. The van der Waals surface area contributed by atoms with Gasteiger partial charge in [-0.2, -0.15) is 0 Å². The SMILES string of the molecule is CCC1(C)c2cc(-c3ccc4c(c3)C(CC)(CC)c3cc(-c5c6ccccc6c(-c6ccccc6)c6ccccc56)ccc3-4)ccc2-c2ccc(-c3c4ccccc4c(-n4c5c(c6ccccc64)CCC=C5)c4ccccc34)cc21. The molecular weight excluding hydrogens is 963 g/mol. The zero-order valence-corrected chi connectivity index (χ0v) is 46.0.